The van der Waals surface area contributed by atoms with Gasteiger partial charge in [0.05, 0.1) is 6.20 Å². The molecular weight excluding hydrogens is 258 g/mol. The number of aryl methyl sites for hydroxylation is 1. The van der Waals surface area contributed by atoms with Gasteiger partial charge in [-0.3, -0.25) is 0 Å². The molecule has 2 heterocycles. The van der Waals surface area contributed by atoms with Crippen LogP contribution < -0.4 is 11.3 Å². The first kappa shape index (κ1) is 12.0. The van der Waals surface area contributed by atoms with Gasteiger partial charge in [0.15, 0.2) is 11.5 Å². The molecule has 0 aliphatic carbocycles. The molecule has 96 valence electrons. The lowest BCUT2D eigenvalue weighted by atomic mass is 10.2. The molecule has 6 heteroatoms. The molecule has 0 fully saturated rings. The van der Waals surface area contributed by atoms with E-state index in [0.717, 1.165) is 15.6 Å². The number of hydrogen-bond donors (Lipinski definition) is 2. The Kier molecular flexibility index (Phi) is 3.10. The van der Waals surface area contributed by atoms with Crippen molar-refractivity contribution in [2.45, 2.75) is 16.8 Å². The molecule has 3 rings (SSSR count). The minimum absolute atomic E-state index is 0.613. The highest BCUT2D eigenvalue weighted by Gasteiger charge is 2.10. The SMILES string of the molecule is Cc1ccccc1Sc1nc(NN)cn2ccnc12. The number of anilines is 1. The van der Waals surface area contributed by atoms with Gasteiger partial charge >= 0.3 is 0 Å². The number of nitrogens with zero attached hydrogens (tertiary/aromatic N) is 3. The molecule has 0 bridgehead atoms. The van der Waals surface area contributed by atoms with Crippen LogP contribution >= 0.6 is 11.8 Å². The second kappa shape index (κ2) is 4.91. The summed E-state index contributed by atoms with van der Waals surface area (Å²) in [7, 11) is 0. The molecule has 5 nitrogen and oxygen atoms in total. The van der Waals surface area contributed by atoms with Gasteiger partial charge in [-0.05, 0) is 18.6 Å². The highest BCUT2D eigenvalue weighted by molar-refractivity contribution is 7.99. The van der Waals surface area contributed by atoms with E-state index in [9.17, 15) is 0 Å². The van der Waals surface area contributed by atoms with E-state index in [0.29, 0.717) is 5.82 Å². The molecule has 0 spiro atoms. The van der Waals surface area contributed by atoms with Crippen LogP contribution in [0.4, 0.5) is 5.82 Å². The monoisotopic (exact) mass is 271 g/mol. The molecule has 3 aromatic rings. The van der Waals surface area contributed by atoms with Crippen LogP contribution in [0.2, 0.25) is 0 Å². The van der Waals surface area contributed by atoms with E-state index in [-0.39, 0.29) is 0 Å². The van der Waals surface area contributed by atoms with Gasteiger partial charge < -0.3 is 9.83 Å². The number of aromatic nitrogens is 3. The van der Waals surface area contributed by atoms with Gasteiger partial charge in [-0.1, -0.05) is 30.0 Å². The molecule has 0 aliphatic rings. The van der Waals surface area contributed by atoms with E-state index in [1.165, 1.54) is 5.56 Å². The van der Waals surface area contributed by atoms with Crippen LogP contribution in [0.3, 0.4) is 0 Å². The van der Waals surface area contributed by atoms with Gasteiger partial charge in [0.2, 0.25) is 0 Å². The van der Waals surface area contributed by atoms with Crippen LogP contribution in [0.1, 0.15) is 5.56 Å². The smallest absolute Gasteiger partial charge is 0.170 e. The second-order valence-corrected chi connectivity index (χ2v) is 5.13. The Hall–Kier alpha value is -2.05. The summed E-state index contributed by atoms with van der Waals surface area (Å²) in [5, 5.41) is 0.828. The molecule has 3 N–H and O–H groups in total. The summed E-state index contributed by atoms with van der Waals surface area (Å²) >= 11 is 1.59. The fourth-order valence-corrected chi connectivity index (χ4v) is 2.79. The van der Waals surface area contributed by atoms with E-state index >= 15 is 0 Å². The van der Waals surface area contributed by atoms with Crippen molar-refractivity contribution in [2.75, 3.05) is 5.43 Å². The maximum absolute atomic E-state index is 5.45. The quantitative estimate of drug-likeness (QED) is 0.566. The summed E-state index contributed by atoms with van der Waals surface area (Å²) in [6.45, 7) is 2.08. The van der Waals surface area contributed by atoms with Crippen molar-refractivity contribution in [3.63, 3.8) is 0 Å². The van der Waals surface area contributed by atoms with E-state index in [1.54, 1.807) is 18.0 Å². The summed E-state index contributed by atoms with van der Waals surface area (Å²) in [5.74, 6) is 6.06. The van der Waals surface area contributed by atoms with Crippen molar-refractivity contribution in [3.8, 4) is 0 Å². The molecule has 19 heavy (non-hydrogen) atoms. The fraction of sp³-hybridized carbons (Fsp3) is 0.0769. The minimum atomic E-state index is 0.613. The first-order chi connectivity index (χ1) is 9.28. The normalized spacial score (nSPS) is 10.8. The second-order valence-electron chi connectivity index (χ2n) is 4.10. The Morgan fingerprint density at radius 3 is 2.95 bits per heavy atom. The summed E-state index contributed by atoms with van der Waals surface area (Å²) in [4.78, 5) is 9.96. The molecule has 0 saturated heterocycles. The molecule has 0 unspecified atom stereocenters. The Balaban J connectivity index is 2.09. The number of nitrogens with two attached hydrogens (primary N) is 1. The molecule has 2 aromatic heterocycles. The van der Waals surface area contributed by atoms with Crippen molar-refractivity contribution < 1.29 is 0 Å². The summed E-state index contributed by atoms with van der Waals surface area (Å²) in [6, 6.07) is 8.19. The lowest BCUT2D eigenvalue weighted by Crippen LogP contribution is -2.10. The molecule has 0 amide bonds. The third kappa shape index (κ3) is 2.27. The fourth-order valence-electron chi connectivity index (χ4n) is 1.82. The molecule has 1 aromatic carbocycles. The highest BCUT2D eigenvalue weighted by atomic mass is 32.2. The predicted molar refractivity (Wildman–Crippen MR) is 76.1 cm³/mol. The predicted octanol–water partition coefficient (Wildman–Crippen LogP) is 2.47. The van der Waals surface area contributed by atoms with Gasteiger partial charge in [0, 0.05) is 17.3 Å². The lowest BCUT2D eigenvalue weighted by molar-refractivity contribution is 1.02. The first-order valence-corrected chi connectivity index (χ1v) is 6.63. The molecule has 0 aliphatic heterocycles. The molecule has 0 radical (unpaired) electrons. The number of nitrogen functional groups attached to an aromatic ring is 1. The number of hydrogen-bond acceptors (Lipinski definition) is 5. The number of rotatable bonds is 3. The Morgan fingerprint density at radius 2 is 2.16 bits per heavy atom. The standard InChI is InChI=1S/C13H13N5S/c1-9-4-2-3-5-10(9)19-13-12-15-6-7-18(12)8-11(16-13)17-14/h2-8,17H,14H2,1H3. The highest BCUT2D eigenvalue weighted by Crippen LogP contribution is 2.31. The van der Waals surface area contributed by atoms with Crippen molar-refractivity contribution >= 4 is 23.2 Å². The van der Waals surface area contributed by atoms with Crippen LogP contribution in [-0.4, -0.2) is 14.4 Å². The van der Waals surface area contributed by atoms with Crippen LogP contribution in [0, 0.1) is 6.92 Å². The number of hydrazine groups is 1. The number of benzene rings is 1. The summed E-state index contributed by atoms with van der Waals surface area (Å²) < 4.78 is 1.91. The first-order valence-electron chi connectivity index (χ1n) is 5.82. The zero-order valence-electron chi connectivity index (χ0n) is 10.4. The van der Waals surface area contributed by atoms with Crippen LogP contribution in [0.15, 0.2) is 52.8 Å². The maximum atomic E-state index is 5.45. The summed E-state index contributed by atoms with van der Waals surface area (Å²) in [5.41, 5.74) is 4.62. The Bertz CT molecular complexity index is 722. The van der Waals surface area contributed by atoms with Crippen molar-refractivity contribution in [1.82, 2.24) is 14.4 Å². The van der Waals surface area contributed by atoms with Crippen LogP contribution in [0.5, 0.6) is 0 Å². The van der Waals surface area contributed by atoms with Gasteiger partial charge in [-0.2, -0.15) is 0 Å². The van der Waals surface area contributed by atoms with Crippen molar-refractivity contribution in [3.05, 3.63) is 48.4 Å². The number of imidazole rings is 1. The van der Waals surface area contributed by atoms with Crippen LogP contribution in [-0.2, 0) is 0 Å². The Labute approximate surface area is 114 Å². The average molecular weight is 271 g/mol. The molecule has 0 saturated carbocycles. The largest absolute Gasteiger partial charge is 0.307 e. The molecular formula is C13H13N5S. The zero-order valence-corrected chi connectivity index (χ0v) is 11.2. The number of nitrogens with one attached hydrogen (secondary N) is 1. The summed E-state index contributed by atoms with van der Waals surface area (Å²) in [6.07, 6.45) is 5.43. The lowest BCUT2D eigenvalue weighted by Gasteiger charge is -2.08. The van der Waals surface area contributed by atoms with Gasteiger partial charge in [-0.25, -0.2) is 15.8 Å². The third-order valence-electron chi connectivity index (χ3n) is 2.79. The topological polar surface area (TPSA) is 68.2 Å². The van der Waals surface area contributed by atoms with E-state index < -0.39 is 0 Å². The average Bonchev–Trinajstić information content (AvgIpc) is 2.89. The van der Waals surface area contributed by atoms with Crippen molar-refractivity contribution in [2.24, 2.45) is 5.84 Å². The number of fused-ring (bicyclic) bond motifs is 1. The van der Waals surface area contributed by atoms with E-state index in [4.69, 9.17) is 5.84 Å². The van der Waals surface area contributed by atoms with Gasteiger partial charge in [0.25, 0.3) is 0 Å². The molecule has 0 atom stereocenters. The van der Waals surface area contributed by atoms with Crippen LogP contribution in [0.25, 0.3) is 5.65 Å². The zero-order chi connectivity index (χ0) is 13.2. The third-order valence-corrected chi connectivity index (χ3v) is 3.94. The van der Waals surface area contributed by atoms with E-state index in [2.05, 4.69) is 34.5 Å². The van der Waals surface area contributed by atoms with Gasteiger partial charge in [-0.15, -0.1) is 0 Å². The van der Waals surface area contributed by atoms with Gasteiger partial charge in [0.1, 0.15) is 5.03 Å². The maximum Gasteiger partial charge on any atom is 0.170 e. The van der Waals surface area contributed by atoms with Crippen molar-refractivity contribution in [1.29, 1.82) is 0 Å². The van der Waals surface area contributed by atoms with E-state index in [1.807, 2.05) is 28.9 Å². The Morgan fingerprint density at radius 1 is 1.32 bits per heavy atom. The minimum Gasteiger partial charge on any atom is -0.307 e.